The fourth-order valence-electron chi connectivity index (χ4n) is 0.912. The Bertz CT molecular complexity index is 204. The first-order chi connectivity index (χ1) is 6.70. The molecule has 0 aromatic heterocycles. The maximum atomic E-state index is 11.4. The molecule has 0 spiro atoms. The second kappa shape index (κ2) is 5.50. The van der Waals surface area contributed by atoms with E-state index in [9.17, 15) is 4.79 Å². The van der Waals surface area contributed by atoms with Crippen LogP contribution in [-0.4, -0.2) is 26.0 Å². The van der Waals surface area contributed by atoms with E-state index in [2.05, 4.69) is 45.3 Å². The summed E-state index contributed by atoms with van der Waals surface area (Å²) in [6.07, 6.45) is 0.552. The number of rotatable bonds is 5. The van der Waals surface area contributed by atoms with E-state index >= 15 is 0 Å². The van der Waals surface area contributed by atoms with E-state index in [0.717, 1.165) is 13.1 Å². The van der Waals surface area contributed by atoms with Crippen LogP contribution < -0.4 is 10.6 Å². The third-order valence-electron chi connectivity index (χ3n) is 3.36. The van der Waals surface area contributed by atoms with Gasteiger partial charge in [-0.15, -0.1) is 0 Å². The molecular weight excluding hydrogens is 188 g/mol. The zero-order valence-corrected chi connectivity index (χ0v) is 11.0. The van der Waals surface area contributed by atoms with E-state index in [0.29, 0.717) is 6.42 Å². The quantitative estimate of drug-likeness (QED) is 0.732. The largest absolute Gasteiger partial charge is 0.356 e. The normalized spacial score (nSPS) is 12.7. The lowest BCUT2D eigenvalue weighted by molar-refractivity contribution is -0.121. The van der Waals surface area contributed by atoms with Crippen molar-refractivity contribution in [1.29, 1.82) is 0 Å². The average Bonchev–Trinajstić information content (AvgIpc) is 2.09. The van der Waals surface area contributed by atoms with Gasteiger partial charge in [0.05, 0.1) is 0 Å². The zero-order valence-electron chi connectivity index (χ0n) is 11.0. The molecule has 0 aromatic carbocycles. The summed E-state index contributed by atoms with van der Waals surface area (Å²) in [5.41, 5.74) is 0.311. The first-order valence-corrected chi connectivity index (χ1v) is 5.62. The molecule has 0 atom stereocenters. The van der Waals surface area contributed by atoms with Crippen molar-refractivity contribution in [2.45, 2.75) is 41.0 Å². The van der Waals surface area contributed by atoms with Gasteiger partial charge in [0.15, 0.2) is 0 Å². The van der Waals surface area contributed by atoms with Crippen molar-refractivity contribution in [2.24, 2.45) is 10.8 Å². The van der Waals surface area contributed by atoms with E-state index < -0.39 is 0 Å². The molecule has 0 saturated heterocycles. The summed E-state index contributed by atoms with van der Waals surface area (Å²) in [7, 11) is 1.85. The Morgan fingerprint density at radius 2 is 1.67 bits per heavy atom. The van der Waals surface area contributed by atoms with Crippen molar-refractivity contribution in [3.8, 4) is 0 Å². The maximum Gasteiger partial charge on any atom is 0.221 e. The molecule has 3 heteroatoms. The van der Waals surface area contributed by atoms with Gasteiger partial charge in [0.25, 0.3) is 0 Å². The van der Waals surface area contributed by atoms with Crippen molar-refractivity contribution in [1.82, 2.24) is 10.6 Å². The average molecular weight is 214 g/mol. The minimum atomic E-state index is 0.113. The Labute approximate surface area is 94.0 Å². The van der Waals surface area contributed by atoms with Crippen LogP contribution in [0.2, 0.25) is 0 Å². The summed E-state index contributed by atoms with van der Waals surface area (Å²) in [6.45, 7) is 12.4. The molecule has 0 aliphatic rings. The van der Waals surface area contributed by atoms with E-state index in [1.807, 2.05) is 7.05 Å². The summed E-state index contributed by atoms with van der Waals surface area (Å²) in [4.78, 5) is 11.4. The highest BCUT2D eigenvalue weighted by Crippen LogP contribution is 2.36. The van der Waals surface area contributed by atoms with E-state index in [1.54, 1.807) is 0 Å². The van der Waals surface area contributed by atoms with Gasteiger partial charge in [0.2, 0.25) is 5.91 Å². The standard InChI is InChI=1S/C12H26N2O/c1-11(2,3)12(4,5)9-14-10(15)7-8-13-6/h13H,7-9H2,1-6H3,(H,14,15). The first kappa shape index (κ1) is 14.4. The summed E-state index contributed by atoms with van der Waals surface area (Å²) in [5, 5.41) is 5.95. The number of carbonyl (C=O) groups excluding carboxylic acids is 1. The maximum absolute atomic E-state index is 11.4. The van der Waals surface area contributed by atoms with Gasteiger partial charge in [-0.25, -0.2) is 0 Å². The smallest absolute Gasteiger partial charge is 0.221 e. The van der Waals surface area contributed by atoms with Gasteiger partial charge < -0.3 is 10.6 Å². The lowest BCUT2D eigenvalue weighted by Crippen LogP contribution is -2.42. The molecule has 1 amide bonds. The molecule has 0 unspecified atom stereocenters. The Morgan fingerprint density at radius 3 is 2.07 bits per heavy atom. The SMILES string of the molecule is CNCCC(=O)NCC(C)(C)C(C)(C)C. The highest BCUT2D eigenvalue weighted by atomic mass is 16.1. The van der Waals surface area contributed by atoms with Gasteiger partial charge in [0.1, 0.15) is 0 Å². The Balaban J connectivity index is 3.99. The minimum Gasteiger partial charge on any atom is -0.356 e. The number of nitrogens with one attached hydrogen (secondary N) is 2. The molecule has 90 valence electrons. The van der Waals surface area contributed by atoms with Crippen molar-refractivity contribution in [3.05, 3.63) is 0 Å². The second-order valence-electron chi connectivity index (χ2n) is 5.76. The van der Waals surface area contributed by atoms with Crippen molar-refractivity contribution < 1.29 is 4.79 Å². The molecule has 0 rings (SSSR count). The van der Waals surface area contributed by atoms with Crippen LogP contribution in [0.5, 0.6) is 0 Å². The fraction of sp³-hybridized carbons (Fsp3) is 0.917. The second-order valence-corrected chi connectivity index (χ2v) is 5.76. The molecule has 0 aromatic rings. The molecular formula is C12H26N2O. The summed E-state index contributed by atoms with van der Waals surface area (Å²) >= 11 is 0. The lowest BCUT2D eigenvalue weighted by Gasteiger charge is -2.39. The van der Waals surface area contributed by atoms with Crippen LogP contribution in [0.15, 0.2) is 0 Å². The van der Waals surface area contributed by atoms with Crippen LogP contribution in [0.4, 0.5) is 0 Å². The Morgan fingerprint density at radius 1 is 1.13 bits per heavy atom. The molecule has 0 saturated carbocycles. The molecule has 3 nitrogen and oxygen atoms in total. The molecule has 0 aliphatic heterocycles. The minimum absolute atomic E-state index is 0.113. The number of hydrogen-bond donors (Lipinski definition) is 2. The van der Waals surface area contributed by atoms with Gasteiger partial charge >= 0.3 is 0 Å². The van der Waals surface area contributed by atoms with E-state index in [4.69, 9.17) is 0 Å². The topological polar surface area (TPSA) is 41.1 Å². The number of carbonyl (C=O) groups is 1. The van der Waals surface area contributed by atoms with Gasteiger partial charge in [0, 0.05) is 19.5 Å². The zero-order chi connectivity index (χ0) is 12.1. The Kier molecular flexibility index (Phi) is 5.29. The van der Waals surface area contributed by atoms with Crippen LogP contribution in [0.3, 0.4) is 0 Å². The molecule has 0 aliphatic carbocycles. The van der Waals surface area contributed by atoms with Crippen molar-refractivity contribution >= 4 is 5.91 Å². The third-order valence-corrected chi connectivity index (χ3v) is 3.36. The van der Waals surface area contributed by atoms with Crippen molar-refractivity contribution in [2.75, 3.05) is 20.1 Å². The molecule has 2 N–H and O–H groups in total. The van der Waals surface area contributed by atoms with Crippen LogP contribution >= 0.6 is 0 Å². The summed E-state index contributed by atoms with van der Waals surface area (Å²) in [5.74, 6) is 0.127. The highest BCUT2D eigenvalue weighted by Gasteiger charge is 2.32. The molecule has 0 bridgehead atoms. The third kappa shape index (κ3) is 5.17. The molecule has 0 heterocycles. The lowest BCUT2D eigenvalue weighted by atomic mass is 9.69. The monoisotopic (exact) mass is 214 g/mol. The van der Waals surface area contributed by atoms with Gasteiger partial charge in [-0.2, -0.15) is 0 Å². The summed E-state index contributed by atoms with van der Waals surface area (Å²) in [6, 6.07) is 0. The number of hydrogen-bond acceptors (Lipinski definition) is 2. The van der Waals surface area contributed by atoms with Crippen LogP contribution in [0, 0.1) is 10.8 Å². The first-order valence-electron chi connectivity index (χ1n) is 5.62. The molecule has 0 fully saturated rings. The van der Waals surface area contributed by atoms with E-state index in [-0.39, 0.29) is 16.7 Å². The van der Waals surface area contributed by atoms with Crippen LogP contribution in [0.25, 0.3) is 0 Å². The summed E-state index contributed by atoms with van der Waals surface area (Å²) < 4.78 is 0. The highest BCUT2D eigenvalue weighted by molar-refractivity contribution is 5.76. The van der Waals surface area contributed by atoms with Crippen LogP contribution in [0.1, 0.15) is 41.0 Å². The number of amides is 1. The predicted molar refractivity (Wildman–Crippen MR) is 64.8 cm³/mol. The fourth-order valence-corrected chi connectivity index (χ4v) is 0.912. The van der Waals surface area contributed by atoms with E-state index in [1.165, 1.54) is 0 Å². The van der Waals surface area contributed by atoms with Crippen molar-refractivity contribution in [3.63, 3.8) is 0 Å². The van der Waals surface area contributed by atoms with Crippen LogP contribution in [-0.2, 0) is 4.79 Å². The predicted octanol–water partition coefficient (Wildman–Crippen LogP) is 1.78. The Hall–Kier alpha value is -0.570. The molecule has 15 heavy (non-hydrogen) atoms. The molecule has 0 radical (unpaired) electrons. The van der Waals surface area contributed by atoms with Gasteiger partial charge in [-0.3, -0.25) is 4.79 Å². The van der Waals surface area contributed by atoms with Gasteiger partial charge in [-0.05, 0) is 17.9 Å². The van der Waals surface area contributed by atoms with Gasteiger partial charge in [-0.1, -0.05) is 34.6 Å².